The second-order valence-corrected chi connectivity index (χ2v) is 17.0. The third-order valence-electron chi connectivity index (χ3n) is 14.0. The fourth-order valence-corrected chi connectivity index (χ4v) is 11.8. The molecule has 1 aromatic carbocycles. The van der Waals surface area contributed by atoms with Gasteiger partial charge < -0.3 is 9.84 Å². The number of allylic oxidation sites excluding steroid dienone is 2. The van der Waals surface area contributed by atoms with Crippen LogP contribution in [0.5, 0.6) is 0 Å². The molecule has 5 aliphatic carbocycles. The second-order valence-electron chi connectivity index (χ2n) is 17.0. The molecule has 3 unspecified atom stereocenters. The highest BCUT2D eigenvalue weighted by Crippen LogP contribution is 2.75. The SMILES string of the molecule is CC1(C)CC[C@]2(C(=O)O)CC[C@]3(C)C(=CCC4[C@@]5(C)C[C@H](OCc6ccccc6)CC(C)(C)C5CC[C@]43C)C2C1. The molecule has 3 nitrogen and oxygen atoms in total. The summed E-state index contributed by atoms with van der Waals surface area (Å²) in [6.45, 7) is 18.2. The Kier molecular flexibility index (Phi) is 6.55. The first kappa shape index (κ1) is 28.5. The minimum absolute atomic E-state index is 0.0723. The Hall–Kier alpha value is -1.61. The lowest BCUT2D eigenvalue weighted by Crippen LogP contribution is -2.64. The van der Waals surface area contributed by atoms with E-state index >= 15 is 0 Å². The average Bonchev–Trinajstić information content (AvgIpc) is 2.87. The molecule has 0 amide bonds. The maximum atomic E-state index is 12.9. The number of carboxylic acid groups (broad SMARTS) is 1. The number of carboxylic acids is 1. The van der Waals surface area contributed by atoms with Crippen molar-refractivity contribution in [1.82, 2.24) is 0 Å². The summed E-state index contributed by atoms with van der Waals surface area (Å²) in [5.41, 5.74) is 3.16. The highest BCUT2D eigenvalue weighted by molar-refractivity contribution is 5.76. The maximum absolute atomic E-state index is 12.9. The zero-order chi connectivity index (χ0) is 28.8. The summed E-state index contributed by atoms with van der Waals surface area (Å²) in [7, 11) is 0. The Balaban J connectivity index is 1.35. The molecule has 40 heavy (non-hydrogen) atoms. The van der Waals surface area contributed by atoms with Gasteiger partial charge in [0.25, 0.3) is 0 Å². The maximum Gasteiger partial charge on any atom is 0.310 e. The zero-order valence-electron chi connectivity index (χ0n) is 26.3. The van der Waals surface area contributed by atoms with Crippen LogP contribution in [0.2, 0.25) is 0 Å². The van der Waals surface area contributed by atoms with E-state index < -0.39 is 11.4 Å². The smallest absolute Gasteiger partial charge is 0.310 e. The Morgan fingerprint density at radius 3 is 2.27 bits per heavy atom. The quantitative estimate of drug-likeness (QED) is 0.383. The van der Waals surface area contributed by atoms with Crippen molar-refractivity contribution in [3.63, 3.8) is 0 Å². The normalized spacial score (nSPS) is 45.2. The molecule has 8 atom stereocenters. The minimum Gasteiger partial charge on any atom is -0.481 e. The molecule has 6 rings (SSSR count). The molecule has 0 aliphatic heterocycles. The first-order valence-electron chi connectivity index (χ1n) is 16.3. The molecular formula is C37H54O3. The van der Waals surface area contributed by atoms with Gasteiger partial charge in [0.15, 0.2) is 0 Å². The van der Waals surface area contributed by atoms with Crippen molar-refractivity contribution in [2.45, 2.75) is 125 Å². The molecule has 4 saturated carbocycles. The molecule has 220 valence electrons. The summed E-state index contributed by atoms with van der Waals surface area (Å²) >= 11 is 0. The van der Waals surface area contributed by atoms with Gasteiger partial charge in [0, 0.05) is 0 Å². The van der Waals surface area contributed by atoms with Crippen LogP contribution in [0.15, 0.2) is 42.0 Å². The first-order valence-corrected chi connectivity index (χ1v) is 16.3. The highest BCUT2D eigenvalue weighted by Gasteiger charge is 2.69. The summed E-state index contributed by atoms with van der Waals surface area (Å²) in [6, 6.07) is 10.6. The van der Waals surface area contributed by atoms with Gasteiger partial charge in [-0.15, -0.1) is 0 Å². The van der Waals surface area contributed by atoms with E-state index in [9.17, 15) is 9.90 Å². The Labute approximate surface area is 243 Å². The van der Waals surface area contributed by atoms with Crippen LogP contribution in [-0.4, -0.2) is 17.2 Å². The predicted molar refractivity (Wildman–Crippen MR) is 162 cm³/mol. The predicted octanol–water partition coefficient (Wildman–Crippen LogP) is 9.46. The first-order chi connectivity index (χ1) is 18.7. The molecule has 1 aromatic rings. The van der Waals surface area contributed by atoms with Gasteiger partial charge in [-0.3, -0.25) is 4.79 Å². The van der Waals surface area contributed by atoms with Crippen LogP contribution in [0.4, 0.5) is 0 Å². The molecular weight excluding hydrogens is 492 g/mol. The molecule has 0 heterocycles. The minimum atomic E-state index is -0.561. The van der Waals surface area contributed by atoms with Crippen molar-refractivity contribution in [2.75, 3.05) is 0 Å². The van der Waals surface area contributed by atoms with Gasteiger partial charge in [-0.1, -0.05) is 90.4 Å². The van der Waals surface area contributed by atoms with E-state index in [0.29, 0.717) is 18.4 Å². The van der Waals surface area contributed by atoms with Gasteiger partial charge in [0.2, 0.25) is 0 Å². The van der Waals surface area contributed by atoms with E-state index in [-0.39, 0.29) is 39.1 Å². The highest BCUT2D eigenvalue weighted by atomic mass is 16.5. The average molecular weight is 547 g/mol. The van der Waals surface area contributed by atoms with Crippen LogP contribution in [0.3, 0.4) is 0 Å². The van der Waals surface area contributed by atoms with E-state index in [1.165, 1.54) is 24.0 Å². The third-order valence-corrected chi connectivity index (χ3v) is 14.0. The van der Waals surface area contributed by atoms with E-state index in [1.807, 2.05) is 0 Å². The van der Waals surface area contributed by atoms with Crippen LogP contribution in [-0.2, 0) is 16.1 Å². The Morgan fingerprint density at radius 1 is 0.875 bits per heavy atom. The van der Waals surface area contributed by atoms with Crippen LogP contribution >= 0.6 is 0 Å². The van der Waals surface area contributed by atoms with E-state index in [2.05, 4.69) is 84.9 Å². The topological polar surface area (TPSA) is 46.5 Å². The van der Waals surface area contributed by atoms with Crippen LogP contribution < -0.4 is 0 Å². The van der Waals surface area contributed by atoms with Gasteiger partial charge in [0.05, 0.1) is 18.1 Å². The molecule has 0 bridgehead atoms. The van der Waals surface area contributed by atoms with Gasteiger partial charge in [-0.2, -0.15) is 0 Å². The number of benzene rings is 1. The van der Waals surface area contributed by atoms with Crippen LogP contribution in [0.25, 0.3) is 0 Å². The Bertz CT molecular complexity index is 1180. The number of aliphatic carboxylic acids is 1. The van der Waals surface area contributed by atoms with Gasteiger partial charge in [-0.25, -0.2) is 0 Å². The van der Waals surface area contributed by atoms with Gasteiger partial charge in [0.1, 0.15) is 0 Å². The van der Waals surface area contributed by atoms with Crippen molar-refractivity contribution in [3.8, 4) is 0 Å². The van der Waals surface area contributed by atoms with Gasteiger partial charge >= 0.3 is 5.97 Å². The summed E-state index contributed by atoms with van der Waals surface area (Å²) in [6.07, 6.45) is 13.6. The molecule has 5 aliphatic rings. The lowest BCUT2D eigenvalue weighted by atomic mass is 9.33. The third kappa shape index (κ3) is 4.03. The van der Waals surface area contributed by atoms with Crippen molar-refractivity contribution in [1.29, 1.82) is 0 Å². The van der Waals surface area contributed by atoms with Crippen molar-refractivity contribution < 1.29 is 14.6 Å². The Morgan fingerprint density at radius 2 is 1.57 bits per heavy atom. The molecule has 0 spiro atoms. The van der Waals surface area contributed by atoms with Gasteiger partial charge in [-0.05, 0) is 115 Å². The number of ether oxygens (including phenoxy) is 1. The van der Waals surface area contributed by atoms with Crippen molar-refractivity contribution >= 4 is 5.97 Å². The molecule has 4 fully saturated rings. The number of rotatable bonds is 4. The monoisotopic (exact) mass is 546 g/mol. The van der Waals surface area contributed by atoms with E-state index in [4.69, 9.17) is 4.74 Å². The van der Waals surface area contributed by atoms with Crippen LogP contribution in [0, 0.1) is 50.2 Å². The molecule has 0 radical (unpaired) electrons. The van der Waals surface area contributed by atoms with E-state index in [1.54, 1.807) is 0 Å². The molecule has 1 N–H and O–H groups in total. The number of carbonyl (C=O) groups is 1. The van der Waals surface area contributed by atoms with Crippen LogP contribution in [0.1, 0.15) is 118 Å². The standard InChI is InChI=1S/C37H54O3/c1-32(2)17-19-37(31(38)39)20-18-35(6)27(28(37)23-32)13-14-30-34(5)22-26(40-24-25-11-9-8-10-12-25)21-33(3,4)29(34)15-16-36(30,35)7/h8-13,26,28-30H,14-24H2,1-7H3,(H,38,39)/t26-,28?,29?,30?,34+,35-,36-,37+/m1/s1. The largest absolute Gasteiger partial charge is 0.481 e. The lowest BCUT2D eigenvalue weighted by molar-refractivity contribution is -0.207. The lowest BCUT2D eigenvalue weighted by Gasteiger charge is -2.71. The fraction of sp³-hybridized carbons (Fsp3) is 0.757. The molecule has 0 aromatic heterocycles. The number of hydrogen-bond acceptors (Lipinski definition) is 2. The number of hydrogen-bond donors (Lipinski definition) is 1. The fourth-order valence-electron chi connectivity index (χ4n) is 11.8. The van der Waals surface area contributed by atoms with Crippen molar-refractivity contribution in [2.24, 2.45) is 50.2 Å². The molecule has 0 saturated heterocycles. The number of fused-ring (bicyclic) bond motifs is 7. The zero-order valence-corrected chi connectivity index (χ0v) is 26.3. The van der Waals surface area contributed by atoms with Crippen molar-refractivity contribution in [3.05, 3.63) is 47.5 Å². The summed E-state index contributed by atoms with van der Waals surface area (Å²) in [4.78, 5) is 12.9. The summed E-state index contributed by atoms with van der Waals surface area (Å²) in [5.74, 6) is 0.944. The summed E-state index contributed by atoms with van der Waals surface area (Å²) in [5, 5.41) is 10.6. The summed E-state index contributed by atoms with van der Waals surface area (Å²) < 4.78 is 6.72. The molecule has 3 heteroatoms. The second kappa shape index (κ2) is 9.19. The van der Waals surface area contributed by atoms with E-state index in [0.717, 1.165) is 51.4 Å².